The van der Waals surface area contributed by atoms with Crippen LogP contribution in [0.3, 0.4) is 0 Å². The summed E-state index contributed by atoms with van der Waals surface area (Å²) in [5.41, 5.74) is 6.09. The third-order valence-electron chi connectivity index (χ3n) is 5.57. The van der Waals surface area contributed by atoms with Crippen LogP contribution in [0.1, 0.15) is 53.5 Å². The van der Waals surface area contributed by atoms with Gasteiger partial charge in [0.05, 0.1) is 10.6 Å². The molecular weight excluding hydrogens is 383 g/mol. The molecule has 0 amide bonds. The number of fused-ring (bicyclic) bond motifs is 3. The number of halogens is 1. The van der Waals surface area contributed by atoms with Crippen molar-refractivity contribution in [2.24, 2.45) is 0 Å². The Morgan fingerprint density at radius 3 is 2.47 bits per heavy atom. The van der Waals surface area contributed by atoms with E-state index in [1.54, 1.807) is 24.3 Å². The fourth-order valence-electron chi connectivity index (χ4n) is 4.21. The van der Waals surface area contributed by atoms with E-state index in [4.69, 9.17) is 4.98 Å². The average molecular weight is 404 g/mol. The van der Waals surface area contributed by atoms with Gasteiger partial charge in [-0.1, -0.05) is 26.0 Å². The van der Waals surface area contributed by atoms with Crippen LogP contribution >= 0.6 is 0 Å². The molecule has 30 heavy (non-hydrogen) atoms. The van der Waals surface area contributed by atoms with Gasteiger partial charge in [0.2, 0.25) is 0 Å². The number of carbonyl (C=O) groups is 1. The molecule has 0 bridgehead atoms. The highest BCUT2D eigenvalue weighted by molar-refractivity contribution is 5.98. The minimum absolute atomic E-state index is 0.0364. The average Bonchev–Trinajstić information content (AvgIpc) is 2.91. The molecule has 3 aromatic rings. The van der Waals surface area contributed by atoms with E-state index in [2.05, 4.69) is 0 Å². The van der Waals surface area contributed by atoms with E-state index in [-0.39, 0.29) is 17.4 Å². The number of hydrogen-bond donors (Lipinski definition) is 0. The third kappa shape index (κ3) is 3.38. The molecule has 0 spiro atoms. The summed E-state index contributed by atoms with van der Waals surface area (Å²) in [5, 5.41) is 11.3. The van der Waals surface area contributed by atoms with Crippen molar-refractivity contribution in [2.45, 2.75) is 39.0 Å². The van der Waals surface area contributed by atoms with Crippen LogP contribution < -0.4 is 0 Å². The van der Waals surface area contributed by atoms with Crippen molar-refractivity contribution < 1.29 is 14.1 Å². The van der Waals surface area contributed by atoms with Gasteiger partial charge in [-0.25, -0.2) is 4.39 Å². The number of aryl methyl sites for hydroxylation is 2. The van der Waals surface area contributed by atoms with Crippen molar-refractivity contribution >= 4 is 12.0 Å². The largest absolute Gasteiger partial charge is 0.298 e. The predicted octanol–water partition coefficient (Wildman–Crippen LogP) is 5.89. The minimum atomic E-state index is -0.399. The highest BCUT2D eigenvalue weighted by atomic mass is 19.1. The molecule has 152 valence electrons. The van der Waals surface area contributed by atoms with E-state index < -0.39 is 4.92 Å². The number of rotatable bonds is 4. The van der Waals surface area contributed by atoms with Crippen LogP contribution in [0.15, 0.2) is 42.5 Å². The first-order valence-corrected chi connectivity index (χ1v) is 9.96. The molecule has 6 heteroatoms. The molecule has 4 rings (SSSR count). The van der Waals surface area contributed by atoms with Gasteiger partial charge >= 0.3 is 0 Å². The zero-order valence-corrected chi connectivity index (χ0v) is 16.8. The molecule has 5 nitrogen and oxygen atoms in total. The van der Waals surface area contributed by atoms with E-state index in [1.165, 1.54) is 18.2 Å². The van der Waals surface area contributed by atoms with Gasteiger partial charge in [-0.2, -0.15) is 0 Å². The second kappa shape index (κ2) is 7.78. The Kier molecular flexibility index (Phi) is 5.16. The summed E-state index contributed by atoms with van der Waals surface area (Å²) in [6.45, 7) is 3.98. The Bertz CT molecular complexity index is 1150. The van der Waals surface area contributed by atoms with Crippen LogP contribution in [0, 0.1) is 15.9 Å². The van der Waals surface area contributed by atoms with Crippen molar-refractivity contribution in [3.63, 3.8) is 0 Å². The predicted molar refractivity (Wildman–Crippen MR) is 113 cm³/mol. The van der Waals surface area contributed by atoms with Crippen molar-refractivity contribution in [3.8, 4) is 22.3 Å². The topological polar surface area (TPSA) is 73.1 Å². The Hall–Kier alpha value is -3.41. The lowest BCUT2D eigenvalue weighted by atomic mass is 9.86. The van der Waals surface area contributed by atoms with E-state index in [0.29, 0.717) is 24.1 Å². The van der Waals surface area contributed by atoms with Gasteiger partial charge in [-0.3, -0.25) is 19.9 Å². The first-order chi connectivity index (χ1) is 14.4. The SMILES string of the molecule is CC(C)c1nc2c(c(-c3ccc(F)cc3)c1C=O)-c1ccc([N+](=O)[O-])cc1CCC2. The molecule has 0 N–H and O–H groups in total. The number of nitrogens with zero attached hydrogens (tertiary/aromatic N) is 2. The quantitative estimate of drug-likeness (QED) is 0.309. The third-order valence-corrected chi connectivity index (χ3v) is 5.57. The number of benzene rings is 2. The van der Waals surface area contributed by atoms with Crippen molar-refractivity contribution in [3.05, 3.63) is 80.9 Å². The van der Waals surface area contributed by atoms with Gasteiger partial charge < -0.3 is 0 Å². The minimum Gasteiger partial charge on any atom is -0.298 e. The summed E-state index contributed by atoms with van der Waals surface area (Å²) in [6, 6.07) is 10.9. The molecule has 0 saturated carbocycles. The fourth-order valence-corrected chi connectivity index (χ4v) is 4.21. The number of aldehydes is 1. The molecule has 0 unspecified atom stereocenters. The van der Waals surface area contributed by atoms with E-state index in [0.717, 1.165) is 46.2 Å². The molecule has 1 aromatic heterocycles. The number of pyridine rings is 1. The smallest absolute Gasteiger partial charge is 0.269 e. The first-order valence-electron chi connectivity index (χ1n) is 9.96. The maximum absolute atomic E-state index is 13.6. The standard InChI is InChI=1S/C24H21FN2O3/c1-14(2)24-20(13-28)22(15-6-8-17(25)9-7-15)23-19-11-10-18(27(29)30)12-16(19)4-3-5-21(23)26-24/h6-14H,3-5H2,1-2H3. The monoisotopic (exact) mass is 404 g/mol. The van der Waals surface area contributed by atoms with Crippen LogP contribution in [0.5, 0.6) is 0 Å². The molecule has 1 heterocycles. The summed E-state index contributed by atoms with van der Waals surface area (Å²) >= 11 is 0. The summed E-state index contributed by atoms with van der Waals surface area (Å²) in [6.07, 6.45) is 3.00. The zero-order chi connectivity index (χ0) is 21.4. The summed E-state index contributed by atoms with van der Waals surface area (Å²) in [4.78, 5) is 28.0. The molecular formula is C24H21FN2O3. The highest BCUT2D eigenvalue weighted by Gasteiger charge is 2.27. The zero-order valence-electron chi connectivity index (χ0n) is 16.8. The van der Waals surface area contributed by atoms with Gasteiger partial charge in [0.15, 0.2) is 6.29 Å². The second-order valence-corrected chi connectivity index (χ2v) is 7.84. The van der Waals surface area contributed by atoms with Crippen LogP contribution in [-0.2, 0) is 12.8 Å². The first kappa shape index (κ1) is 19.9. The Labute approximate surface area is 173 Å². The molecule has 1 aliphatic carbocycles. The van der Waals surface area contributed by atoms with Crippen LogP contribution in [0.4, 0.5) is 10.1 Å². The van der Waals surface area contributed by atoms with Gasteiger partial charge in [0, 0.05) is 34.5 Å². The number of nitro groups is 1. The number of aromatic nitrogens is 1. The molecule has 0 saturated heterocycles. The number of nitro benzene ring substituents is 1. The molecule has 0 fully saturated rings. The Balaban J connectivity index is 2.11. The molecule has 0 radical (unpaired) electrons. The van der Waals surface area contributed by atoms with Crippen LogP contribution in [-0.4, -0.2) is 16.2 Å². The number of carbonyl (C=O) groups excluding carboxylic acids is 1. The molecule has 0 aliphatic heterocycles. The van der Waals surface area contributed by atoms with Gasteiger partial charge in [0.25, 0.3) is 5.69 Å². The molecule has 2 aromatic carbocycles. The summed E-state index contributed by atoms with van der Waals surface area (Å²) in [5.74, 6) is -0.319. The van der Waals surface area contributed by atoms with Crippen LogP contribution in [0.25, 0.3) is 22.3 Å². The normalized spacial score (nSPS) is 12.8. The number of non-ortho nitro benzene ring substituents is 1. The van der Waals surface area contributed by atoms with Crippen molar-refractivity contribution in [1.29, 1.82) is 0 Å². The van der Waals surface area contributed by atoms with E-state index >= 15 is 0 Å². The Morgan fingerprint density at radius 2 is 1.83 bits per heavy atom. The maximum Gasteiger partial charge on any atom is 0.269 e. The summed E-state index contributed by atoms with van der Waals surface area (Å²) < 4.78 is 13.6. The maximum atomic E-state index is 13.6. The highest BCUT2D eigenvalue weighted by Crippen LogP contribution is 2.43. The van der Waals surface area contributed by atoms with E-state index in [1.807, 2.05) is 13.8 Å². The fraction of sp³-hybridized carbons (Fsp3) is 0.250. The van der Waals surface area contributed by atoms with Gasteiger partial charge in [-0.05, 0) is 60.1 Å². The molecule has 0 atom stereocenters. The Morgan fingerprint density at radius 1 is 1.10 bits per heavy atom. The lowest BCUT2D eigenvalue weighted by Gasteiger charge is -2.21. The van der Waals surface area contributed by atoms with Crippen molar-refractivity contribution in [2.75, 3.05) is 0 Å². The lowest BCUT2D eigenvalue weighted by Crippen LogP contribution is -2.08. The molecule has 1 aliphatic rings. The second-order valence-electron chi connectivity index (χ2n) is 7.84. The lowest BCUT2D eigenvalue weighted by molar-refractivity contribution is -0.384. The van der Waals surface area contributed by atoms with Gasteiger partial charge in [-0.15, -0.1) is 0 Å². The number of hydrogen-bond acceptors (Lipinski definition) is 4. The van der Waals surface area contributed by atoms with E-state index in [9.17, 15) is 19.3 Å². The summed E-state index contributed by atoms with van der Waals surface area (Å²) in [7, 11) is 0. The van der Waals surface area contributed by atoms with Crippen LogP contribution in [0.2, 0.25) is 0 Å². The van der Waals surface area contributed by atoms with Crippen molar-refractivity contribution in [1.82, 2.24) is 4.98 Å². The van der Waals surface area contributed by atoms with Gasteiger partial charge in [0.1, 0.15) is 5.82 Å².